The van der Waals surface area contributed by atoms with Gasteiger partial charge in [-0.1, -0.05) is 0 Å². The molecule has 1 rings (SSSR count). The Balaban J connectivity index is 2.82. The lowest BCUT2D eigenvalue weighted by Crippen LogP contribution is -2.60. The summed E-state index contributed by atoms with van der Waals surface area (Å²) in [6, 6.07) is -1.83. The van der Waals surface area contributed by atoms with E-state index in [9.17, 15) is 24.6 Å². The van der Waals surface area contributed by atoms with Gasteiger partial charge in [-0.05, 0) is 27.7 Å². The van der Waals surface area contributed by atoms with Gasteiger partial charge in [-0.3, -0.25) is 14.4 Å². The number of methoxy groups -OCH3 is 1. The Morgan fingerprint density at radius 2 is 1.67 bits per heavy atom. The maximum Gasteiger partial charge on any atom is 0.242 e. The van der Waals surface area contributed by atoms with Crippen molar-refractivity contribution in [1.82, 2.24) is 10.6 Å². The standard InChI is InChI=1S/C17H30N2O8/c1-7(18-11(5)21)16(24)19-12(8(2)20)9(3)26-17-15(25-6)14(23)13(22)10(4)27-17/h7,9-10,12-15,17,22-23H,1-6H3,(H,18,21)(H,19,24)/t7-,9?,10?,12?,13+,14?,15?,17?/m0/s1. The maximum absolute atomic E-state index is 12.2. The second-order valence-electron chi connectivity index (χ2n) is 6.75. The van der Waals surface area contributed by atoms with Crippen LogP contribution in [0.4, 0.5) is 0 Å². The van der Waals surface area contributed by atoms with E-state index >= 15 is 0 Å². The summed E-state index contributed by atoms with van der Waals surface area (Å²) >= 11 is 0. The van der Waals surface area contributed by atoms with Gasteiger partial charge in [0.2, 0.25) is 11.8 Å². The van der Waals surface area contributed by atoms with Crippen molar-refractivity contribution in [2.24, 2.45) is 0 Å². The molecule has 1 aliphatic rings. The van der Waals surface area contributed by atoms with Crippen LogP contribution in [0, 0.1) is 0 Å². The number of rotatable bonds is 8. The van der Waals surface area contributed by atoms with Gasteiger partial charge in [-0.15, -0.1) is 0 Å². The number of ketones is 1. The lowest BCUT2D eigenvalue weighted by molar-refractivity contribution is -0.308. The first kappa shape index (κ1) is 23.4. The van der Waals surface area contributed by atoms with Crippen molar-refractivity contribution < 1.29 is 38.8 Å². The Labute approximate surface area is 158 Å². The highest BCUT2D eigenvalue weighted by Gasteiger charge is 2.45. The van der Waals surface area contributed by atoms with E-state index in [-0.39, 0.29) is 11.7 Å². The van der Waals surface area contributed by atoms with Crippen LogP contribution in [0.3, 0.4) is 0 Å². The van der Waals surface area contributed by atoms with Gasteiger partial charge in [0.15, 0.2) is 12.1 Å². The predicted molar refractivity (Wildman–Crippen MR) is 93.6 cm³/mol. The molecule has 0 bridgehead atoms. The number of aliphatic hydroxyl groups excluding tert-OH is 2. The van der Waals surface area contributed by atoms with Gasteiger partial charge in [0.25, 0.3) is 0 Å². The van der Waals surface area contributed by atoms with Gasteiger partial charge in [0.05, 0.1) is 12.2 Å². The number of nitrogens with one attached hydrogen (secondary N) is 2. The molecule has 10 nitrogen and oxygen atoms in total. The van der Waals surface area contributed by atoms with Gasteiger partial charge in [0, 0.05) is 14.0 Å². The Kier molecular flexibility index (Phi) is 8.76. The van der Waals surface area contributed by atoms with Gasteiger partial charge < -0.3 is 35.1 Å². The van der Waals surface area contributed by atoms with Crippen molar-refractivity contribution in [2.45, 2.75) is 83.5 Å². The fourth-order valence-electron chi connectivity index (χ4n) is 2.85. The van der Waals surface area contributed by atoms with Crippen molar-refractivity contribution in [3.63, 3.8) is 0 Å². The average molecular weight is 390 g/mol. The topological polar surface area (TPSA) is 143 Å². The van der Waals surface area contributed by atoms with Gasteiger partial charge in [-0.2, -0.15) is 0 Å². The van der Waals surface area contributed by atoms with Gasteiger partial charge in [-0.25, -0.2) is 0 Å². The quantitative estimate of drug-likeness (QED) is 0.391. The maximum atomic E-state index is 12.2. The molecule has 6 unspecified atom stereocenters. The molecule has 4 N–H and O–H groups in total. The largest absolute Gasteiger partial charge is 0.388 e. The number of amides is 2. The van der Waals surface area contributed by atoms with Crippen LogP contribution in [-0.2, 0) is 28.6 Å². The molecule has 1 aliphatic heterocycles. The smallest absolute Gasteiger partial charge is 0.242 e. The highest BCUT2D eigenvalue weighted by atomic mass is 16.7. The van der Waals surface area contributed by atoms with E-state index in [0.717, 1.165) is 0 Å². The van der Waals surface area contributed by atoms with Crippen LogP contribution in [0.25, 0.3) is 0 Å². The minimum Gasteiger partial charge on any atom is -0.388 e. The molecule has 0 radical (unpaired) electrons. The fraction of sp³-hybridized carbons (Fsp3) is 0.824. The number of hydrogen-bond acceptors (Lipinski definition) is 8. The molecule has 0 saturated carbocycles. The van der Waals surface area contributed by atoms with E-state index in [1.165, 1.54) is 27.9 Å². The van der Waals surface area contributed by atoms with E-state index < -0.39 is 54.8 Å². The second kappa shape index (κ2) is 10.1. The van der Waals surface area contributed by atoms with E-state index in [2.05, 4.69) is 10.6 Å². The van der Waals surface area contributed by atoms with Crippen molar-refractivity contribution in [1.29, 1.82) is 0 Å². The normalized spacial score (nSPS) is 31.5. The zero-order valence-corrected chi connectivity index (χ0v) is 16.5. The van der Waals surface area contributed by atoms with E-state index in [0.29, 0.717) is 0 Å². The number of ether oxygens (including phenoxy) is 3. The first-order valence-electron chi connectivity index (χ1n) is 8.77. The Morgan fingerprint density at radius 1 is 1.07 bits per heavy atom. The number of Topliss-reactive ketones (excluding diaryl/α,β-unsaturated/α-hetero) is 1. The molecule has 10 heteroatoms. The van der Waals surface area contributed by atoms with Crippen LogP contribution >= 0.6 is 0 Å². The summed E-state index contributed by atoms with van der Waals surface area (Å²) in [7, 11) is 1.33. The highest BCUT2D eigenvalue weighted by Crippen LogP contribution is 2.25. The van der Waals surface area contributed by atoms with E-state index in [4.69, 9.17) is 14.2 Å². The molecule has 1 fully saturated rings. The summed E-state index contributed by atoms with van der Waals surface area (Å²) in [5.74, 6) is -1.27. The summed E-state index contributed by atoms with van der Waals surface area (Å²) in [5.41, 5.74) is 0. The molecular formula is C17H30N2O8. The van der Waals surface area contributed by atoms with Crippen molar-refractivity contribution in [3.8, 4) is 0 Å². The molecule has 2 amide bonds. The lowest BCUT2D eigenvalue weighted by atomic mass is 9.99. The minimum atomic E-state index is -1.24. The number of carbonyl (C=O) groups excluding carboxylic acids is 3. The second-order valence-corrected chi connectivity index (χ2v) is 6.75. The third-order valence-electron chi connectivity index (χ3n) is 4.42. The van der Waals surface area contributed by atoms with Crippen molar-refractivity contribution in [3.05, 3.63) is 0 Å². The average Bonchev–Trinajstić information content (AvgIpc) is 2.56. The predicted octanol–water partition coefficient (Wildman–Crippen LogP) is -1.53. The molecule has 8 atom stereocenters. The first-order valence-corrected chi connectivity index (χ1v) is 8.77. The lowest BCUT2D eigenvalue weighted by Gasteiger charge is -2.42. The van der Waals surface area contributed by atoms with Crippen LogP contribution in [0.1, 0.15) is 34.6 Å². The number of carbonyl (C=O) groups is 3. The zero-order chi connectivity index (χ0) is 20.9. The zero-order valence-electron chi connectivity index (χ0n) is 16.5. The molecule has 1 heterocycles. The van der Waals surface area contributed by atoms with Crippen LogP contribution in [0.15, 0.2) is 0 Å². The van der Waals surface area contributed by atoms with Crippen LogP contribution in [0.5, 0.6) is 0 Å². The van der Waals surface area contributed by atoms with Crippen LogP contribution < -0.4 is 10.6 Å². The summed E-state index contributed by atoms with van der Waals surface area (Å²) in [6.45, 7) is 7.20. The third kappa shape index (κ3) is 6.22. The van der Waals surface area contributed by atoms with Crippen molar-refractivity contribution in [2.75, 3.05) is 7.11 Å². The first-order chi connectivity index (χ1) is 12.5. The number of aliphatic hydroxyl groups is 2. The molecule has 0 aromatic heterocycles. The van der Waals surface area contributed by atoms with Gasteiger partial charge >= 0.3 is 0 Å². The van der Waals surface area contributed by atoms with Crippen LogP contribution in [-0.4, -0.2) is 83.8 Å². The summed E-state index contributed by atoms with van der Waals surface area (Å²) in [4.78, 5) is 35.3. The summed E-state index contributed by atoms with van der Waals surface area (Å²) < 4.78 is 16.4. The van der Waals surface area contributed by atoms with Gasteiger partial charge in [0.1, 0.15) is 30.4 Å². The molecule has 1 saturated heterocycles. The molecule has 27 heavy (non-hydrogen) atoms. The van der Waals surface area contributed by atoms with E-state index in [1.807, 2.05) is 0 Å². The molecule has 0 aromatic carbocycles. The molecule has 0 aromatic rings. The Hall–Kier alpha value is -1.59. The molecule has 0 spiro atoms. The monoisotopic (exact) mass is 390 g/mol. The molecule has 156 valence electrons. The SMILES string of the molecule is COC1C(OC(C)C(NC(=O)[C@H](C)NC(C)=O)C(C)=O)OC(C)[C@@H](O)C1O. The summed E-state index contributed by atoms with van der Waals surface area (Å²) in [5, 5.41) is 25.0. The Bertz CT molecular complexity index is 543. The fourth-order valence-corrected chi connectivity index (χ4v) is 2.85. The third-order valence-corrected chi connectivity index (χ3v) is 4.42. The summed E-state index contributed by atoms with van der Waals surface area (Å²) in [6.07, 6.45) is -5.94. The Morgan fingerprint density at radius 3 is 2.15 bits per heavy atom. The molecule has 0 aliphatic carbocycles. The van der Waals surface area contributed by atoms with E-state index in [1.54, 1.807) is 13.8 Å². The van der Waals surface area contributed by atoms with Crippen LogP contribution in [0.2, 0.25) is 0 Å². The number of hydrogen-bond donors (Lipinski definition) is 4. The molecular weight excluding hydrogens is 360 g/mol. The highest BCUT2D eigenvalue weighted by molar-refractivity contribution is 5.91. The van der Waals surface area contributed by atoms with Crippen molar-refractivity contribution >= 4 is 17.6 Å². The minimum absolute atomic E-state index is 0.357.